The molecule has 0 aliphatic carbocycles. The third-order valence-corrected chi connectivity index (χ3v) is 2.90. The second-order valence-electron chi connectivity index (χ2n) is 4.06. The topological polar surface area (TPSA) is 53.4 Å². The Morgan fingerprint density at radius 1 is 1.44 bits per heavy atom. The molecule has 0 amide bonds. The van der Waals surface area contributed by atoms with E-state index in [4.69, 9.17) is 5.11 Å². The van der Waals surface area contributed by atoms with E-state index in [-0.39, 0.29) is 0 Å². The molecule has 4 heteroatoms. The largest absolute Gasteiger partial charge is 0.478 e. The van der Waals surface area contributed by atoms with Gasteiger partial charge in [0.25, 0.3) is 0 Å². The van der Waals surface area contributed by atoms with Crippen molar-refractivity contribution in [1.82, 2.24) is 4.98 Å². The minimum atomic E-state index is -0.877. The standard InChI is InChI=1S/C12H16N2O2/c1-2-10-7-9(12(15)16)8-11(13-10)14-5-3-4-6-14/h7-8H,2-6H2,1H3,(H,15,16). The maximum atomic E-state index is 11.0. The van der Waals surface area contributed by atoms with Gasteiger partial charge < -0.3 is 10.0 Å². The van der Waals surface area contributed by atoms with Crippen molar-refractivity contribution in [3.05, 3.63) is 23.4 Å². The van der Waals surface area contributed by atoms with Crippen LogP contribution in [0.25, 0.3) is 0 Å². The van der Waals surface area contributed by atoms with E-state index in [1.807, 2.05) is 6.92 Å². The van der Waals surface area contributed by atoms with Gasteiger partial charge in [-0.05, 0) is 31.4 Å². The van der Waals surface area contributed by atoms with Crippen LogP contribution in [0, 0.1) is 0 Å². The van der Waals surface area contributed by atoms with Gasteiger partial charge in [-0.2, -0.15) is 0 Å². The van der Waals surface area contributed by atoms with E-state index in [2.05, 4.69) is 9.88 Å². The SMILES string of the molecule is CCc1cc(C(=O)O)cc(N2CCCC2)n1. The summed E-state index contributed by atoms with van der Waals surface area (Å²) in [6.45, 7) is 3.96. The van der Waals surface area contributed by atoms with Crippen LogP contribution in [0.1, 0.15) is 35.8 Å². The summed E-state index contributed by atoms with van der Waals surface area (Å²) in [7, 11) is 0. The normalized spacial score (nSPS) is 15.4. The molecule has 86 valence electrons. The van der Waals surface area contributed by atoms with E-state index in [1.165, 1.54) is 12.8 Å². The molecule has 16 heavy (non-hydrogen) atoms. The first-order valence-corrected chi connectivity index (χ1v) is 5.70. The van der Waals surface area contributed by atoms with Crippen molar-refractivity contribution in [3.8, 4) is 0 Å². The Balaban J connectivity index is 2.35. The highest BCUT2D eigenvalue weighted by molar-refractivity contribution is 5.88. The molecule has 1 aliphatic rings. The first kappa shape index (κ1) is 10.9. The molecule has 4 nitrogen and oxygen atoms in total. The first-order valence-electron chi connectivity index (χ1n) is 5.70. The number of carboxylic acid groups (broad SMARTS) is 1. The van der Waals surface area contributed by atoms with Gasteiger partial charge in [-0.25, -0.2) is 9.78 Å². The Labute approximate surface area is 94.9 Å². The molecule has 0 radical (unpaired) electrons. The van der Waals surface area contributed by atoms with Crippen molar-refractivity contribution in [3.63, 3.8) is 0 Å². The zero-order chi connectivity index (χ0) is 11.5. The molecule has 0 spiro atoms. The number of anilines is 1. The van der Waals surface area contributed by atoms with Gasteiger partial charge in [-0.1, -0.05) is 6.92 Å². The summed E-state index contributed by atoms with van der Waals surface area (Å²) >= 11 is 0. The number of aromatic nitrogens is 1. The van der Waals surface area contributed by atoms with Gasteiger partial charge in [0.2, 0.25) is 0 Å². The smallest absolute Gasteiger partial charge is 0.335 e. The number of aromatic carboxylic acids is 1. The number of aryl methyl sites for hydroxylation is 1. The van der Waals surface area contributed by atoms with Crippen molar-refractivity contribution in [2.75, 3.05) is 18.0 Å². The van der Waals surface area contributed by atoms with Crippen LogP contribution in [0.15, 0.2) is 12.1 Å². The van der Waals surface area contributed by atoms with Crippen LogP contribution < -0.4 is 4.90 Å². The summed E-state index contributed by atoms with van der Waals surface area (Å²) in [6.07, 6.45) is 3.10. The highest BCUT2D eigenvalue weighted by atomic mass is 16.4. The van der Waals surface area contributed by atoms with Crippen molar-refractivity contribution in [1.29, 1.82) is 0 Å². The zero-order valence-corrected chi connectivity index (χ0v) is 9.44. The Kier molecular flexibility index (Phi) is 3.08. The fourth-order valence-electron chi connectivity index (χ4n) is 1.98. The molecule has 1 aliphatic heterocycles. The Bertz CT molecular complexity index is 398. The molecule has 1 aromatic heterocycles. The van der Waals surface area contributed by atoms with Crippen LogP contribution in [0.3, 0.4) is 0 Å². The number of carbonyl (C=O) groups is 1. The monoisotopic (exact) mass is 220 g/mol. The molecule has 1 aromatic rings. The Morgan fingerprint density at radius 3 is 2.69 bits per heavy atom. The molecule has 1 fully saturated rings. The van der Waals surface area contributed by atoms with Crippen LogP contribution in [0.2, 0.25) is 0 Å². The highest BCUT2D eigenvalue weighted by Gasteiger charge is 2.16. The Morgan fingerprint density at radius 2 is 2.12 bits per heavy atom. The number of carboxylic acids is 1. The molecule has 2 heterocycles. The molecule has 1 saturated heterocycles. The van der Waals surface area contributed by atoms with Crippen LogP contribution in [-0.2, 0) is 6.42 Å². The minimum Gasteiger partial charge on any atom is -0.478 e. The lowest BCUT2D eigenvalue weighted by Gasteiger charge is -2.17. The van der Waals surface area contributed by atoms with Gasteiger partial charge >= 0.3 is 5.97 Å². The molecule has 0 bridgehead atoms. The summed E-state index contributed by atoms with van der Waals surface area (Å²) in [5.41, 5.74) is 1.19. The van der Waals surface area contributed by atoms with E-state index in [0.29, 0.717) is 5.56 Å². The number of rotatable bonds is 3. The van der Waals surface area contributed by atoms with Gasteiger partial charge in [0, 0.05) is 18.8 Å². The quantitative estimate of drug-likeness (QED) is 0.845. The lowest BCUT2D eigenvalue weighted by atomic mass is 10.2. The molecule has 2 rings (SSSR count). The predicted molar refractivity (Wildman–Crippen MR) is 62.0 cm³/mol. The number of pyridine rings is 1. The van der Waals surface area contributed by atoms with Gasteiger partial charge in [-0.15, -0.1) is 0 Å². The van der Waals surface area contributed by atoms with Gasteiger partial charge in [0.05, 0.1) is 5.56 Å². The number of hydrogen-bond acceptors (Lipinski definition) is 3. The summed E-state index contributed by atoms with van der Waals surface area (Å²) < 4.78 is 0. The van der Waals surface area contributed by atoms with Crippen LogP contribution in [0.4, 0.5) is 5.82 Å². The second kappa shape index (κ2) is 4.51. The Hall–Kier alpha value is -1.58. The first-order chi connectivity index (χ1) is 7.70. The summed E-state index contributed by atoms with van der Waals surface area (Å²) in [5, 5.41) is 9.03. The molecule has 1 N–H and O–H groups in total. The predicted octanol–water partition coefficient (Wildman–Crippen LogP) is 1.94. The summed E-state index contributed by atoms with van der Waals surface area (Å²) in [6, 6.07) is 3.33. The average molecular weight is 220 g/mol. The third kappa shape index (κ3) is 2.15. The number of nitrogens with zero attached hydrogens (tertiary/aromatic N) is 2. The summed E-state index contributed by atoms with van der Waals surface area (Å²) in [4.78, 5) is 17.6. The second-order valence-corrected chi connectivity index (χ2v) is 4.06. The molecule has 0 unspecified atom stereocenters. The van der Waals surface area contributed by atoms with E-state index in [0.717, 1.165) is 31.0 Å². The number of hydrogen-bond donors (Lipinski definition) is 1. The zero-order valence-electron chi connectivity index (χ0n) is 9.44. The van der Waals surface area contributed by atoms with E-state index < -0.39 is 5.97 Å². The maximum absolute atomic E-state index is 11.0. The van der Waals surface area contributed by atoms with E-state index >= 15 is 0 Å². The van der Waals surface area contributed by atoms with Gasteiger partial charge in [0.15, 0.2) is 0 Å². The fourth-order valence-corrected chi connectivity index (χ4v) is 1.98. The van der Waals surface area contributed by atoms with Crippen LogP contribution >= 0.6 is 0 Å². The van der Waals surface area contributed by atoms with Crippen molar-refractivity contribution < 1.29 is 9.90 Å². The highest BCUT2D eigenvalue weighted by Crippen LogP contribution is 2.20. The minimum absolute atomic E-state index is 0.341. The van der Waals surface area contributed by atoms with E-state index in [9.17, 15) is 4.79 Å². The molecule has 0 aromatic carbocycles. The van der Waals surface area contributed by atoms with Crippen molar-refractivity contribution in [2.45, 2.75) is 26.2 Å². The lowest BCUT2D eigenvalue weighted by Crippen LogP contribution is -2.20. The fraction of sp³-hybridized carbons (Fsp3) is 0.500. The third-order valence-electron chi connectivity index (χ3n) is 2.90. The molecular weight excluding hydrogens is 204 g/mol. The van der Waals surface area contributed by atoms with E-state index in [1.54, 1.807) is 12.1 Å². The molecule has 0 atom stereocenters. The van der Waals surface area contributed by atoms with Crippen LogP contribution in [-0.4, -0.2) is 29.1 Å². The van der Waals surface area contributed by atoms with Gasteiger partial charge in [-0.3, -0.25) is 0 Å². The maximum Gasteiger partial charge on any atom is 0.335 e. The van der Waals surface area contributed by atoms with Crippen LogP contribution in [0.5, 0.6) is 0 Å². The van der Waals surface area contributed by atoms with Gasteiger partial charge in [0.1, 0.15) is 5.82 Å². The lowest BCUT2D eigenvalue weighted by molar-refractivity contribution is 0.0696. The molecule has 0 saturated carbocycles. The summed E-state index contributed by atoms with van der Waals surface area (Å²) in [5.74, 6) is -0.0632. The molecular formula is C12H16N2O2. The van der Waals surface area contributed by atoms with Crippen molar-refractivity contribution >= 4 is 11.8 Å². The average Bonchev–Trinajstić information content (AvgIpc) is 2.81. The van der Waals surface area contributed by atoms with Crippen molar-refractivity contribution in [2.24, 2.45) is 0 Å².